The maximum absolute atomic E-state index is 9.82. The second-order valence-corrected chi connectivity index (χ2v) is 5.97. The third-order valence-corrected chi connectivity index (χ3v) is 3.97. The fourth-order valence-corrected chi connectivity index (χ4v) is 2.43. The number of aryl methyl sites for hydroxylation is 1. The van der Waals surface area contributed by atoms with Gasteiger partial charge in [-0.15, -0.1) is 0 Å². The van der Waals surface area contributed by atoms with Gasteiger partial charge in [-0.05, 0) is 30.0 Å². The van der Waals surface area contributed by atoms with Gasteiger partial charge in [-0.25, -0.2) is 0 Å². The molecule has 4 nitrogen and oxygen atoms in total. The smallest absolute Gasteiger partial charge is 0.130 e. The topological polar surface area (TPSA) is 47.9 Å². The summed E-state index contributed by atoms with van der Waals surface area (Å²) >= 11 is 0. The van der Waals surface area contributed by atoms with E-state index < -0.39 is 6.10 Å². The van der Waals surface area contributed by atoms with Crippen LogP contribution in [0.5, 0.6) is 5.75 Å². The Bertz CT molecular complexity index is 458. The van der Waals surface area contributed by atoms with Crippen molar-refractivity contribution < 1.29 is 19.3 Å². The lowest BCUT2D eigenvalue weighted by Crippen LogP contribution is -2.55. The molecular formula is C17H26O4. The number of methoxy groups -OCH3 is 1. The molecule has 0 saturated heterocycles. The van der Waals surface area contributed by atoms with Crippen LogP contribution >= 0.6 is 0 Å². The highest BCUT2D eigenvalue weighted by molar-refractivity contribution is 5.38. The standard InChI is InChI=1S/C17H26O4/c1-11(2)13-6-5-12(3)15(9-13)21-16-10-14(18)17(16)20-8-7-19-4/h5-6,9,11,14,16-18H,7-8,10H2,1-4H3. The number of benzene rings is 1. The zero-order chi connectivity index (χ0) is 15.4. The Morgan fingerprint density at radius 1 is 1.29 bits per heavy atom. The van der Waals surface area contributed by atoms with Crippen LogP contribution in [-0.4, -0.2) is 43.7 Å². The van der Waals surface area contributed by atoms with Gasteiger partial charge < -0.3 is 19.3 Å². The second kappa shape index (κ2) is 7.25. The third-order valence-electron chi connectivity index (χ3n) is 3.97. The van der Waals surface area contributed by atoms with E-state index in [2.05, 4.69) is 32.0 Å². The first-order valence-electron chi connectivity index (χ1n) is 7.58. The predicted octanol–water partition coefficient (Wildman–Crippen LogP) is 2.66. The van der Waals surface area contributed by atoms with Crippen molar-refractivity contribution in [3.05, 3.63) is 29.3 Å². The molecule has 0 aliphatic heterocycles. The molecule has 118 valence electrons. The fraction of sp³-hybridized carbons (Fsp3) is 0.647. The molecule has 0 spiro atoms. The molecule has 0 amide bonds. The largest absolute Gasteiger partial charge is 0.487 e. The molecule has 3 atom stereocenters. The molecule has 21 heavy (non-hydrogen) atoms. The average molecular weight is 294 g/mol. The number of hydrogen-bond acceptors (Lipinski definition) is 4. The summed E-state index contributed by atoms with van der Waals surface area (Å²) in [6.07, 6.45) is -0.177. The van der Waals surface area contributed by atoms with E-state index in [1.165, 1.54) is 5.56 Å². The minimum Gasteiger partial charge on any atom is -0.487 e. The van der Waals surface area contributed by atoms with Gasteiger partial charge >= 0.3 is 0 Å². The third kappa shape index (κ3) is 3.96. The minimum absolute atomic E-state index is 0.0852. The van der Waals surface area contributed by atoms with Crippen molar-refractivity contribution in [1.29, 1.82) is 0 Å². The van der Waals surface area contributed by atoms with E-state index in [1.807, 2.05) is 6.92 Å². The van der Waals surface area contributed by atoms with Gasteiger partial charge in [-0.1, -0.05) is 26.0 Å². The lowest BCUT2D eigenvalue weighted by Gasteiger charge is -2.41. The van der Waals surface area contributed by atoms with Gasteiger partial charge in [0.15, 0.2) is 0 Å². The molecule has 1 aliphatic carbocycles. The molecule has 1 saturated carbocycles. The zero-order valence-electron chi connectivity index (χ0n) is 13.3. The molecular weight excluding hydrogens is 268 g/mol. The highest BCUT2D eigenvalue weighted by atomic mass is 16.6. The molecule has 0 bridgehead atoms. The monoisotopic (exact) mass is 294 g/mol. The van der Waals surface area contributed by atoms with Crippen molar-refractivity contribution in [2.45, 2.75) is 51.4 Å². The SMILES string of the molecule is COCCOC1C(O)CC1Oc1cc(C(C)C)ccc1C. The summed E-state index contributed by atoms with van der Waals surface area (Å²) in [5.41, 5.74) is 2.36. The van der Waals surface area contributed by atoms with E-state index >= 15 is 0 Å². The van der Waals surface area contributed by atoms with Crippen molar-refractivity contribution in [2.75, 3.05) is 20.3 Å². The summed E-state index contributed by atoms with van der Waals surface area (Å²) in [6.45, 7) is 7.37. The Balaban J connectivity index is 1.99. The van der Waals surface area contributed by atoms with Crippen LogP contribution < -0.4 is 4.74 Å². The Morgan fingerprint density at radius 3 is 2.67 bits per heavy atom. The van der Waals surface area contributed by atoms with Gasteiger partial charge in [-0.3, -0.25) is 0 Å². The summed E-state index contributed by atoms with van der Waals surface area (Å²) < 4.78 is 16.7. The number of aliphatic hydroxyl groups excluding tert-OH is 1. The Hall–Kier alpha value is -1.10. The first kappa shape index (κ1) is 16.3. The fourth-order valence-electron chi connectivity index (χ4n) is 2.43. The van der Waals surface area contributed by atoms with E-state index in [0.29, 0.717) is 25.6 Å². The van der Waals surface area contributed by atoms with Crippen molar-refractivity contribution in [3.8, 4) is 5.75 Å². The quantitative estimate of drug-likeness (QED) is 0.785. The van der Waals surface area contributed by atoms with Crippen LogP contribution in [0, 0.1) is 6.92 Å². The summed E-state index contributed by atoms with van der Waals surface area (Å²) in [5.74, 6) is 1.35. The van der Waals surface area contributed by atoms with Crippen LogP contribution in [0.25, 0.3) is 0 Å². The number of ether oxygens (including phenoxy) is 3. The molecule has 0 radical (unpaired) electrons. The number of rotatable bonds is 7. The van der Waals surface area contributed by atoms with E-state index in [0.717, 1.165) is 11.3 Å². The van der Waals surface area contributed by atoms with Gasteiger partial charge in [0.05, 0.1) is 19.3 Å². The number of hydrogen-bond donors (Lipinski definition) is 1. The predicted molar refractivity (Wildman–Crippen MR) is 81.9 cm³/mol. The molecule has 1 aromatic carbocycles. The molecule has 1 aliphatic rings. The van der Waals surface area contributed by atoms with E-state index in [4.69, 9.17) is 14.2 Å². The van der Waals surface area contributed by atoms with Crippen molar-refractivity contribution in [2.24, 2.45) is 0 Å². The highest BCUT2D eigenvalue weighted by Crippen LogP contribution is 2.32. The Kier molecular flexibility index (Phi) is 5.62. The van der Waals surface area contributed by atoms with Crippen LogP contribution in [0.3, 0.4) is 0 Å². The van der Waals surface area contributed by atoms with Crippen molar-refractivity contribution >= 4 is 0 Å². The summed E-state index contributed by atoms with van der Waals surface area (Å²) in [7, 11) is 1.63. The highest BCUT2D eigenvalue weighted by Gasteiger charge is 2.43. The molecule has 4 heteroatoms. The van der Waals surface area contributed by atoms with Crippen LogP contribution in [-0.2, 0) is 9.47 Å². The van der Waals surface area contributed by atoms with E-state index in [9.17, 15) is 5.11 Å². The van der Waals surface area contributed by atoms with Gasteiger partial charge in [0.1, 0.15) is 18.0 Å². The summed E-state index contributed by atoms with van der Waals surface area (Å²) in [6, 6.07) is 6.31. The van der Waals surface area contributed by atoms with Gasteiger partial charge in [0.25, 0.3) is 0 Å². The van der Waals surface area contributed by atoms with Crippen molar-refractivity contribution in [3.63, 3.8) is 0 Å². The Labute approximate surface area is 127 Å². The van der Waals surface area contributed by atoms with Gasteiger partial charge in [0, 0.05) is 13.5 Å². The Morgan fingerprint density at radius 2 is 2.05 bits per heavy atom. The molecule has 2 rings (SSSR count). The molecule has 3 unspecified atom stereocenters. The zero-order valence-corrected chi connectivity index (χ0v) is 13.3. The maximum Gasteiger partial charge on any atom is 0.130 e. The van der Waals surface area contributed by atoms with Crippen LogP contribution in [0.1, 0.15) is 37.3 Å². The molecule has 0 heterocycles. The molecule has 1 N–H and O–H groups in total. The first-order valence-corrected chi connectivity index (χ1v) is 7.58. The maximum atomic E-state index is 9.82. The number of aliphatic hydroxyl groups is 1. The minimum atomic E-state index is -0.444. The summed E-state index contributed by atoms with van der Waals surface area (Å²) in [4.78, 5) is 0. The second-order valence-electron chi connectivity index (χ2n) is 5.97. The van der Waals surface area contributed by atoms with Crippen molar-refractivity contribution in [1.82, 2.24) is 0 Å². The first-order chi connectivity index (χ1) is 10.0. The van der Waals surface area contributed by atoms with Gasteiger partial charge in [0.2, 0.25) is 0 Å². The van der Waals surface area contributed by atoms with E-state index in [1.54, 1.807) is 7.11 Å². The molecule has 1 fully saturated rings. The van der Waals surface area contributed by atoms with E-state index in [-0.39, 0.29) is 12.2 Å². The molecule has 1 aromatic rings. The van der Waals surface area contributed by atoms with Crippen LogP contribution in [0.4, 0.5) is 0 Å². The summed E-state index contributed by atoms with van der Waals surface area (Å²) in [5, 5.41) is 9.82. The lowest BCUT2D eigenvalue weighted by atomic mass is 9.88. The van der Waals surface area contributed by atoms with Gasteiger partial charge in [-0.2, -0.15) is 0 Å². The average Bonchev–Trinajstić information content (AvgIpc) is 2.44. The normalized spacial score (nSPS) is 25.0. The van der Waals surface area contributed by atoms with Crippen LogP contribution in [0.15, 0.2) is 18.2 Å². The molecule has 0 aromatic heterocycles. The van der Waals surface area contributed by atoms with Crippen LogP contribution in [0.2, 0.25) is 0 Å². The lowest BCUT2D eigenvalue weighted by molar-refractivity contribution is -0.167.